The van der Waals surface area contributed by atoms with Crippen LogP contribution in [0.5, 0.6) is 0 Å². The van der Waals surface area contributed by atoms with Crippen LogP contribution in [0.2, 0.25) is 25.2 Å². The van der Waals surface area contributed by atoms with E-state index in [1.807, 2.05) is 6.07 Å². The molecular formula is C23H30OSSi. The fourth-order valence-corrected chi connectivity index (χ4v) is 6.79. The van der Waals surface area contributed by atoms with Gasteiger partial charge in [-0.2, -0.15) is 0 Å². The first kappa shape index (κ1) is 19.5. The molecule has 3 atom stereocenters. The lowest BCUT2D eigenvalue weighted by Gasteiger charge is -2.42. The van der Waals surface area contributed by atoms with Crippen LogP contribution in [0.3, 0.4) is 0 Å². The molecule has 138 valence electrons. The molecule has 1 aliphatic carbocycles. The zero-order valence-electron chi connectivity index (χ0n) is 16.3. The number of allylic oxidation sites excluding steroid dienone is 1. The highest BCUT2D eigenvalue weighted by Crippen LogP contribution is 2.50. The molecular weight excluding hydrogens is 352 g/mol. The van der Waals surface area contributed by atoms with Gasteiger partial charge >= 0.3 is 0 Å². The molecule has 0 amide bonds. The van der Waals surface area contributed by atoms with Crippen molar-refractivity contribution < 1.29 is 5.11 Å². The summed E-state index contributed by atoms with van der Waals surface area (Å²) in [5, 5.41) is 11.8. The van der Waals surface area contributed by atoms with Crippen LogP contribution in [0.4, 0.5) is 0 Å². The Balaban J connectivity index is 1.99. The molecule has 0 spiro atoms. The van der Waals surface area contributed by atoms with Gasteiger partial charge in [0.2, 0.25) is 0 Å². The summed E-state index contributed by atoms with van der Waals surface area (Å²) in [6, 6.07) is 19.1. The van der Waals surface area contributed by atoms with Crippen LogP contribution < -0.4 is 0 Å². The Morgan fingerprint density at radius 1 is 1.08 bits per heavy atom. The molecule has 0 saturated carbocycles. The number of aryl methyl sites for hydroxylation is 1. The standard InChI is InChI=1S/C23H30OSSi/c1-18-10-8-11-19(16-18)22(25-20-12-6-5-7-13-20)23(24)15-9-14-21(17-23)26(2,3)4/h5-13,15-16,21-22,24H,14,17H2,1-4H3. The Labute approximate surface area is 163 Å². The van der Waals surface area contributed by atoms with Crippen molar-refractivity contribution in [3.8, 4) is 0 Å². The van der Waals surface area contributed by atoms with Crippen LogP contribution in [0.1, 0.15) is 29.2 Å². The van der Waals surface area contributed by atoms with Crippen LogP contribution in [0.15, 0.2) is 71.6 Å². The van der Waals surface area contributed by atoms with Crippen molar-refractivity contribution in [1.29, 1.82) is 0 Å². The van der Waals surface area contributed by atoms with E-state index < -0.39 is 13.7 Å². The molecule has 1 N–H and O–H groups in total. The van der Waals surface area contributed by atoms with Crippen LogP contribution in [-0.2, 0) is 0 Å². The molecule has 0 fully saturated rings. The molecule has 2 aromatic rings. The molecule has 1 aliphatic rings. The first-order chi connectivity index (χ1) is 12.3. The predicted octanol–water partition coefficient (Wildman–Crippen LogP) is 6.62. The second kappa shape index (κ2) is 7.75. The number of hydrogen-bond acceptors (Lipinski definition) is 2. The van der Waals surface area contributed by atoms with Crippen molar-refractivity contribution in [3.05, 3.63) is 77.9 Å². The summed E-state index contributed by atoms with van der Waals surface area (Å²) in [4.78, 5) is 1.20. The van der Waals surface area contributed by atoms with Crippen molar-refractivity contribution in [3.63, 3.8) is 0 Å². The van der Waals surface area contributed by atoms with E-state index in [0.29, 0.717) is 5.54 Å². The lowest BCUT2D eigenvalue weighted by atomic mass is 9.84. The van der Waals surface area contributed by atoms with Crippen LogP contribution in [0.25, 0.3) is 0 Å². The summed E-state index contributed by atoms with van der Waals surface area (Å²) in [5.41, 5.74) is 2.26. The van der Waals surface area contributed by atoms with Gasteiger partial charge in [0.1, 0.15) is 0 Å². The monoisotopic (exact) mass is 382 g/mol. The minimum atomic E-state index is -1.32. The maximum Gasteiger partial charge on any atom is 0.0990 e. The van der Waals surface area contributed by atoms with Gasteiger partial charge in [0.15, 0.2) is 0 Å². The maximum absolute atomic E-state index is 11.8. The maximum atomic E-state index is 11.8. The van der Waals surface area contributed by atoms with Crippen molar-refractivity contribution in [1.82, 2.24) is 0 Å². The number of benzene rings is 2. The van der Waals surface area contributed by atoms with E-state index in [1.54, 1.807) is 11.8 Å². The van der Waals surface area contributed by atoms with Gasteiger partial charge in [-0.25, -0.2) is 0 Å². The third kappa shape index (κ3) is 4.51. The Kier molecular flexibility index (Phi) is 5.81. The molecule has 3 heteroatoms. The van der Waals surface area contributed by atoms with E-state index in [0.717, 1.165) is 12.8 Å². The molecule has 1 nitrogen and oxygen atoms in total. The number of thioether (sulfide) groups is 1. The van der Waals surface area contributed by atoms with E-state index in [-0.39, 0.29) is 5.25 Å². The van der Waals surface area contributed by atoms with Crippen molar-refractivity contribution >= 4 is 19.8 Å². The van der Waals surface area contributed by atoms with Gasteiger partial charge in [0, 0.05) is 13.0 Å². The Morgan fingerprint density at radius 3 is 2.46 bits per heavy atom. The van der Waals surface area contributed by atoms with E-state index in [1.165, 1.54) is 16.0 Å². The zero-order chi connectivity index (χ0) is 18.8. The Hall–Kier alpha value is -1.29. The summed E-state index contributed by atoms with van der Waals surface area (Å²) in [6.45, 7) is 9.38. The highest BCUT2D eigenvalue weighted by molar-refractivity contribution is 7.99. The molecule has 3 unspecified atom stereocenters. The topological polar surface area (TPSA) is 20.2 Å². The van der Waals surface area contributed by atoms with Gasteiger partial charge < -0.3 is 5.11 Å². The quantitative estimate of drug-likeness (QED) is 0.356. The highest BCUT2D eigenvalue weighted by atomic mass is 32.2. The fourth-order valence-electron chi connectivity index (χ4n) is 3.76. The lowest BCUT2D eigenvalue weighted by molar-refractivity contribution is 0.0712. The van der Waals surface area contributed by atoms with Crippen molar-refractivity contribution in [2.45, 2.75) is 60.7 Å². The largest absolute Gasteiger partial charge is 0.384 e. The second-order valence-electron chi connectivity index (χ2n) is 8.62. The highest BCUT2D eigenvalue weighted by Gasteiger charge is 2.43. The Morgan fingerprint density at radius 2 is 1.81 bits per heavy atom. The minimum Gasteiger partial charge on any atom is -0.384 e. The van der Waals surface area contributed by atoms with Crippen molar-refractivity contribution in [2.75, 3.05) is 0 Å². The molecule has 0 aliphatic heterocycles. The van der Waals surface area contributed by atoms with Gasteiger partial charge in [-0.1, -0.05) is 79.8 Å². The van der Waals surface area contributed by atoms with Gasteiger partial charge in [0.25, 0.3) is 0 Å². The molecule has 0 saturated heterocycles. The molecule has 26 heavy (non-hydrogen) atoms. The summed E-state index contributed by atoms with van der Waals surface area (Å²) in [5.74, 6) is 0. The molecule has 0 heterocycles. The number of aliphatic hydroxyl groups is 1. The Bertz CT molecular complexity index is 765. The first-order valence-electron chi connectivity index (χ1n) is 9.46. The van der Waals surface area contributed by atoms with E-state index >= 15 is 0 Å². The zero-order valence-corrected chi connectivity index (χ0v) is 18.1. The normalized spacial score (nSPS) is 24.4. The molecule has 0 radical (unpaired) electrons. The SMILES string of the molecule is Cc1cccc(C(Sc2ccccc2)C2(O)C=CCC([Si](C)(C)C)C2)c1. The van der Waals surface area contributed by atoms with Crippen LogP contribution >= 0.6 is 11.8 Å². The first-order valence-corrected chi connectivity index (χ1v) is 13.9. The van der Waals surface area contributed by atoms with Gasteiger partial charge in [-0.3, -0.25) is 0 Å². The minimum absolute atomic E-state index is 0.000185. The average molecular weight is 383 g/mol. The molecule has 0 bridgehead atoms. The number of rotatable bonds is 5. The summed E-state index contributed by atoms with van der Waals surface area (Å²) in [7, 11) is -1.32. The van der Waals surface area contributed by atoms with Crippen LogP contribution in [-0.4, -0.2) is 18.8 Å². The smallest absolute Gasteiger partial charge is 0.0990 e. The molecule has 0 aromatic heterocycles. The third-order valence-corrected chi connectivity index (χ3v) is 9.77. The summed E-state index contributed by atoms with van der Waals surface area (Å²) >= 11 is 1.78. The molecule has 2 aromatic carbocycles. The predicted molar refractivity (Wildman–Crippen MR) is 117 cm³/mol. The molecule has 3 rings (SSSR count). The van der Waals surface area contributed by atoms with E-state index in [9.17, 15) is 5.11 Å². The lowest BCUT2D eigenvalue weighted by Crippen LogP contribution is -2.41. The van der Waals surface area contributed by atoms with Gasteiger partial charge in [-0.05, 0) is 43.0 Å². The van der Waals surface area contributed by atoms with E-state index in [4.69, 9.17) is 0 Å². The average Bonchev–Trinajstić information content (AvgIpc) is 2.60. The van der Waals surface area contributed by atoms with E-state index in [2.05, 4.69) is 87.2 Å². The third-order valence-electron chi connectivity index (χ3n) is 5.42. The summed E-state index contributed by atoms with van der Waals surface area (Å²) in [6.07, 6.45) is 6.26. The van der Waals surface area contributed by atoms with Crippen molar-refractivity contribution in [2.24, 2.45) is 0 Å². The number of hydrogen-bond donors (Lipinski definition) is 1. The fraction of sp³-hybridized carbons (Fsp3) is 0.391. The van der Waals surface area contributed by atoms with Gasteiger partial charge in [0.05, 0.1) is 10.9 Å². The van der Waals surface area contributed by atoms with Gasteiger partial charge in [-0.15, -0.1) is 11.8 Å². The second-order valence-corrected chi connectivity index (χ2v) is 15.3. The summed E-state index contributed by atoms with van der Waals surface area (Å²) < 4.78 is 0. The van der Waals surface area contributed by atoms with Crippen LogP contribution in [0, 0.1) is 6.92 Å².